The van der Waals surface area contributed by atoms with Gasteiger partial charge >= 0.3 is 0 Å². The first-order valence-corrected chi connectivity index (χ1v) is 10.5. The topological polar surface area (TPSA) is 118 Å². The van der Waals surface area contributed by atoms with E-state index in [2.05, 4.69) is 9.97 Å². The summed E-state index contributed by atoms with van der Waals surface area (Å²) in [6, 6.07) is 12.7. The monoisotopic (exact) mass is 459 g/mol. The zero-order valence-corrected chi connectivity index (χ0v) is 18.7. The van der Waals surface area contributed by atoms with Gasteiger partial charge in [-0.3, -0.25) is 14.5 Å². The van der Waals surface area contributed by atoms with Gasteiger partial charge < -0.3 is 24.0 Å². The minimum atomic E-state index is -0.994. The number of aliphatic hydroxyl groups excluding tert-OH is 1. The molecule has 3 heterocycles. The molecule has 0 bridgehead atoms. The number of carbonyl (C=O) groups excluding carboxylic acids is 2. The Labute approximate surface area is 194 Å². The van der Waals surface area contributed by atoms with Crippen LogP contribution in [0.2, 0.25) is 0 Å². The van der Waals surface area contributed by atoms with Gasteiger partial charge in [0.2, 0.25) is 11.7 Å². The molecule has 34 heavy (non-hydrogen) atoms. The average Bonchev–Trinajstić information content (AvgIpc) is 3.57. The lowest BCUT2D eigenvalue weighted by molar-refractivity contribution is -0.117. The van der Waals surface area contributed by atoms with Gasteiger partial charge in [-0.25, -0.2) is 4.98 Å². The molecule has 1 aliphatic heterocycles. The summed E-state index contributed by atoms with van der Waals surface area (Å²) in [5, 5.41) is 10.9. The Hall–Kier alpha value is -4.53. The molecule has 172 valence electrons. The number of ether oxygens (including phenoxy) is 2. The van der Waals surface area contributed by atoms with E-state index in [0.29, 0.717) is 22.6 Å². The smallest absolute Gasteiger partial charge is 0.296 e. The van der Waals surface area contributed by atoms with E-state index < -0.39 is 23.5 Å². The third-order valence-electron chi connectivity index (χ3n) is 5.77. The predicted octanol–water partition coefficient (Wildman–Crippen LogP) is 4.26. The fourth-order valence-electron chi connectivity index (χ4n) is 4.16. The number of H-pyrrole nitrogens is 1. The highest BCUT2D eigenvalue weighted by molar-refractivity contribution is 6.20. The fraction of sp³-hybridized carbons (Fsp3) is 0.160. The van der Waals surface area contributed by atoms with Crippen molar-refractivity contribution >= 4 is 28.7 Å². The molecule has 0 saturated heterocycles. The third-order valence-corrected chi connectivity index (χ3v) is 5.77. The number of hydrogen-bond donors (Lipinski definition) is 2. The first-order valence-electron chi connectivity index (χ1n) is 10.5. The minimum Gasteiger partial charge on any atom is -0.503 e. The Kier molecular flexibility index (Phi) is 5.09. The molecule has 1 aliphatic rings. The van der Waals surface area contributed by atoms with Crippen LogP contribution in [-0.2, 0) is 4.79 Å². The standard InChI is InChI=1S/C25H21N3O6/c1-13-6-8-15-16(11-13)27-25(26-15)28-21(14-7-9-17(32-2)19(12-14)33-3)20(23(30)24(28)31)22(29)18-5-4-10-34-18/h4-12,21,30H,1-3H3,(H,26,27). The molecule has 2 aromatic heterocycles. The van der Waals surface area contributed by atoms with Crippen molar-refractivity contribution in [2.75, 3.05) is 19.1 Å². The number of aromatic amines is 1. The van der Waals surface area contributed by atoms with Crippen molar-refractivity contribution < 1.29 is 28.6 Å². The summed E-state index contributed by atoms with van der Waals surface area (Å²) in [6.45, 7) is 1.95. The number of imidazole rings is 1. The van der Waals surface area contributed by atoms with E-state index in [1.165, 1.54) is 31.4 Å². The summed E-state index contributed by atoms with van der Waals surface area (Å²) in [6.07, 6.45) is 1.35. The number of furan rings is 1. The van der Waals surface area contributed by atoms with Crippen molar-refractivity contribution in [2.24, 2.45) is 0 Å². The molecular weight excluding hydrogens is 438 g/mol. The zero-order valence-electron chi connectivity index (χ0n) is 18.7. The molecule has 9 heteroatoms. The fourth-order valence-corrected chi connectivity index (χ4v) is 4.16. The van der Waals surface area contributed by atoms with E-state index >= 15 is 0 Å². The quantitative estimate of drug-likeness (QED) is 0.414. The third kappa shape index (κ3) is 3.29. The SMILES string of the molecule is COc1ccc(C2C(C(=O)c3ccco3)=C(O)C(=O)N2c2nc3ccc(C)cc3[nH]2)cc1OC. The summed E-state index contributed by atoms with van der Waals surface area (Å²) < 4.78 is 16.0. The second-order valence-corrected chi connectivity index (χ2v) is 7.84. The number of methoxy groups -OCH3 is 2. The predicted molar refractivity (Wildman–Crippen MR) is 123 cm³/mol. The van der Waals surface area contributed by atoms with Crippen LogP contribution in [0.1, 0.15) is 27.7 Å². The van der Waals surface area contributed by atoms with Gasteiger partial charge in [0.05, 0.1) is 43.1 Å². The van der Waals surface area contributed by atoms with Crippen LogP contribution in [0.15, 0.2) is 70.5 Å². The van der Waals surface area contributed by atoms with Gasteiger partial charge in [-0.2, -0.15) is 0 Å². The molecule has 2 N–H and O–H groups in total. The number of Topliss-reactive ketones (excluding diaryl/α,β-unsaturated/α-hetero) is 1. The maximum atomic E-state index is 13.3. The number of hydrogen-bond acceptors (Lipinski definition) is 7. The van der Waals surface area contributed by atoms with E-state index in [1.807, 2.05) is 25.1 Å². The Balaban J connectivity index is 1.70. The van der Waals surface area contributed by atoms with E-state index in [-0.39, 0.29) is 17.3 Å². The van der Waals surface area contributed by atoms with E-state index in [1.54, 1.807) is 24.3 Å². The lowest BCUT2D eigenvalue weighted by atomic mass is 9.95. The zero-order chi connectivity index (χ0) is 24.0. The number of amides is 1. The summed E-state index contributed by atoms with van der Waals surface area (Å²) in [4.78, 5) is 35.6. The maximum absolute atomic E-state index is 13.3. The lowest BCUT2D eigenvalue weighted by Gasteiger charge is -2.25. The Morgan fingerprint density at radius 3 is 2.62 bits per heavy atom. The molecule has 1 unspecified atom stereocenters. The van der Waals surface area contributed by atoms with E-state index in [4.69, 9.17) is 13.9 Å². The number of anilines is 1. The summed E-state index contributed by atoms with van der Waals surface area (Å²) in [5.74, 6) is -0.952. The number of carbonyl (C=O) groups is 2. The van der Waals surface area contributed by atoms with Crippen LogP contribution in [0.25, 0.3) is 11.0 Å². The molecule has 9 nitrogen and oxygen atoms in total. The van der Waals surface area contributed by atoms with Crippen LogP contribution in [-0.4, -0.2) is 41.0 Å². The summed E-state index contributed by atoms with van der Waals surface area (Å²) in [5.41, 5.74) is 2.77. The van der Waals surface area contributed by atoms with Gasteiger partial charge in [0, 0.05) is 0 Å². The van der Waals surface area contributed by atoms with Crippen molar-refractivity contribution in [1.29, 1.82) is 0 Å². The van der Waals surface area contributed by atoms with Crippen LogP contribution < -0.4 is 14.4 Å². The molecule has 5 rings (SSSR count). The molecule has 0 spiro atoms. The Morgan fingerprint density at radius 1 is 1.12 bits per heavy atom. The first kappa shape index (κ1) is 21.3. The van der Waals surface area contributed by atoms with Crippen LogP contribution >= 0.6 is 0 Å². The van der Waals surface area contributed by atoms with Gasteiger partial charge in [0.1, 0.15) is 0 Å². The van der Waals surface area contributed by atoms with Crippen LogP contribution in [0.3, 0.4) is 0 Å². The number of aromatic nitrogens is 2. The number of ketones is 1. The maximum Gasteiger partial charge on any atom is 0.296 e. The Morgan fingerprint density at radius 2 is 1.91 bits per heavy atom. The number of benzene rings is 2. The number of fused-ring (bicyclic) bond motifs is 1. The molecule has 2 aromatic carbocycles. The average molecular weight is 459 g/mol. The molecule has 0 aliphatic carbocycles. The van der Waals surface area contributed by atoms with Gasteiger partial charge in [-0.15, -0.1) is 0 Å². The molecule has 0 fully saturated rings. The second kappa shape index (κ2) is 8.11. The number of nitrogens with one attached hydrogen (secondary N) is 1. The molecular formula is C25H21N3O6. The highest BCUT2D eigenvalue weighted by Gasteiger charge is 2.46. The van der Waals surface area contributed by atoms with Gasteiger partial charge in [-0.1, -0.05) is 12.1 Å². The summed E-state index contributed by atoms with van der Waals surface area (Å²) >= 11 is 0. The second-order valence-electron chi connectivity index (χ2n) is 7.84. The van der Waals surface area contributed by atoms with Crippen LogP contribution in [0.4, 0.5) is 5.95 Å². The molecule has 1 amide bonds. The first-order chi connectivity index (χ1) is 16.4. The highest BCUT2D eigenvalue weighted by Crippen LogP contribution is 2.43. The molecule has 1 atom stereocenters. The van der Waals surface area contributed by atoms with Gasteiger partial charge in [0.25, 0.3) is 5.91 Å². The van der Waals surface area contributed by atoms with E-state index in [9.17, 15) is 14.7 Å². The van der Waals surface area contributed by atoms with E-state index in [0.717, 1.165) is 11.1 Å². The van der Waals surface area contributed by atoms with Crippen LogP contribution in [0, 0.1) is 6.92 Å². The highest BCUT2D eigenvalue weighted by atomic mass is 16.5. The number of nitrogens with zero attached hydrogens (tertiary/aromatic N) is 2. The molecule has 0 saturated carbocycles. The number of aryl methyl sites for hydroxylation is 1. The lowest BCUT2D eigenvalue weighted by Crippen LogP contribution is -2.32. The minimum absolute atomic E-state index is 0.00177. The Bertz CT molecular complexity index is 1450. The van der Waals surface area contributed by atoms with Crippen LogP contribution in [0.5, 0.6) is 11.5 Å². The van der Waals surface area contributed by atoms with Crippen molar-refractivity contribution in [1.82, 2.24) is 9.97 Å². The number of aliphatic hydroxyl groups is 1. The summed E-state index contributed by atoms with van der Waals surface area (Å²) in [7, 11) is 3.00. The van der Waals surface area contributed by atoms with Crippen molar-refractivity contribution in [3.8, 4) is 11.5 Å². The molecule has 4 aromatic rings. The van der Waals surface area contributed by atoms with Gasteiger partial charge in [-0.05, 0) is 54.4 Å². The van der Waals surface area contributed by atoms with Crippen molar-refractivity contribution in [3.05, 3.63) is 83.0 Å². The van der Waals surface area contributed by atoms with Gasteiger partial charge in [0.15, 0.2) is 23.0 Å². The normalized spacial score (nSPS) is 15.9. The van der Waals surface area contributed by atoms with Crippen molar-refractivity contribution in [3.63, 3.8) is 0 Å². The number of rotatable bonds is 6. The largest absolute Gasteiger partial charge is 0.503 e. The molecule has 0 radical (unpaired) electrons. The van der Waals surface area contributed by atoms with Crippen molar-refractivity contribution in [2.45, 2.75) is 13.0 Å².